The molecule has 20 heavy (non-hydrogen) atoms. The number of sulfonamides is 1. The molecular formula is C12H15F2NO4S. The SMILES string of the molecule is CCCCC(NS(=O)(=O)c1ccc(F)cc1F)C(=O)O. The number of halogens is 2. The Balaban J connectivity index is 3.00. The van der Waals surface area contributed by atoms with E-state index >= 15 is 0 Å². The van der Waals surface area contributed by atoms with E-state index in [4.69, 9.17) is 5.11 Å². The minimum atomic E-state index is -4.35. The molecule has 0 aliphatic carbocycles. The molecule has 5 nitrogen and oxygen atoms in total. The number of hydrogen-bond donors (Lipinski definition) is 2. The van der Waals surface area contributed by atoms with Crippen LogP contribution in [0.1, 0.15) is 26.2 Å². The summed E-state index contributed by atoms with van der Waals surface area (Å²) >= 11 is 0. The van der Waals surface area contributed by atoms with E-state index in [2.05, 4.69) is 0 Å². The van der Waals surface area contributed by atoms with Crippen molar-refractivity contribution < 1.29 is 27.1 Å². The van der Waals surface area contributed by atoms with E-state index in [9.17, 15) is 22.0 Å². The number of aliphatic carboxylic acids is 1. The summed E-state index contributed by atoms with van der Waals surface area (Å²) in [6.07, 6.45) is 1.29. The lowest BCUT2D eigenvalue weighted by Gasteiger charge is -2.14. The van der Waals surface area contributed by atoms with E-state index in [-0.39, 0.29) is 6.42 Å². The second-order valence-electron chi connectivity index (χ2n) is 4.23. The number of benzene rings is 1. The molecule has 1 aromatic rings. The number of carboxylic acids is 1. The molecule has 1 unspecified atom stereocenters. The zero-order valence-electron chi connectivity index (χ0n) is 10.8. The van der Waals surface area contributed by atoms with E-state index in [0.29, 0.717) is 18.9 Å². The van der Waals surface area contributed by atoms with Crippen LogP contribution in [-0.2, 0) is 14.8 Å². The van der Waals surface area contributed by atoms with Crippen molar-refractivity contribution in [3.8, 4) is 0 Å². The summed E-state index contributed by atoms with van der Waals surface area (Å²) in [7, 11) is -4.35. The van der Waals surface area contributed by atoms with Crippen LogP contribution < -0.4 is 4.72 Å². The Hall–Kier alpha value is -1.54. The number of unbranched alkanes of at least 4 members (excludes halogenated alkanes) is 1. The fraction of sp³-hybridized carbons (Fsp3) is 0.417. The molecule has 0 saturated heterocycles. The summed E-state index contributed by atoms with van der Waals surface area (Å²) in [5, 5.41) is 8.94. The Bertz CT molecular complexity index is 589. The van der Waals surface area contributed by atoms with Crippen LogP contribution in [0.5, 0.6) is 0 Å². The third-order valence-corrected chi connectivity index (χ3v) is 4.13. The molecule has 8 heteroatoms. The largest absolute Gasteiger partial charge is 0.480 e. The number of nitrogens with one attached hydrogen (secondary N) is 1. The number of carboxylic acid groups (broad SMARTS) is 1. The zero-order chi connectivity index (χ0) is 15.3. The van der Waals surface area contributed by atoms with Crippen molar-refractivity contribution in [1.29, 1.82) is 0 Å². The molecule has 0 bridgehead atoms. The summed E-state index contributed by atoms with van der Waals surface area (Å²) in [5.41, 5.74) is 0. The molecule has 0 radical (unpaired) electrons. The molecule has 0 spiro atoms. The van der Waals surface area contributed by atoms with Crippen molar-refractivity contribution >= 4 is 16.0 Å². The first-order valence-corrected chi connectivity index (χ1v) is 7.46. The summed E-state index contributed by atoms with van der Waals surface area (Å²) < 4.78 is 51.9. The Kier molecular flexibility index (Phi) is 5.58. The van der Waals surface area contributed by atoms with Crippen LogP contribution in [0.3, 0.4) is 0 Å². The van der Waals surface area contributed by atoms with Gasteiger partial charge in [0, 0.05) is 6.07 Å². The van der Waals surface area contributed by atoms with Crippen molar-refractivity contribution in [3.63, 3.8) is 0 Å². The fourth-order valence-electron chi connectivity index (χ4n) is 1.58. The van der Waals surface area contributed by atoms with Gasteiger partial charge in [-0.05, 0) is 18.6 Å². The maximum Gasteiger partial charge on any atom is 0.321 e. The number of rotatable bonds is 7. The molecule has 1 rings (SSSR count). The van der Waals surface area contributed by atoms with E-state index < -0.39 is 38.6 Å². The third kappa shape index (κ3) is 4.24. The number of hydrogen-bond acceptors (Lipinski definition) is 3. The average Bonchev–Trinajstić information content (AvgIpc) is 2.33. The van der Waals surface area contributed by atoms with Crippen LogP contribution in [0.4, 0.5) is 8.78 Å². The standard InChI is InChI=1S/C12H15F2NO4S/c1-2-3-4-10(12(16)17)15-20(18,19)11-6-5-8(13)7-9(11)14/h5-7,10,15H,2-4H2,1H3,(H,16,17). The highest BCUT2D eigenvalue weighted by Crippen LogP contribution is 2.16. The number of carbonyl (C=O) groups is 1. The van der Waals surface area contributed by atoms with E-state index in [1.165, 1.54) is 0 Å². The Labute approximate surface area is 115 Å². The van der Waals surface area contributed by atoms with Gasteiger partial charge >= 0.3 is 5.97 Å². The van der Waals surface area contributed by atoms with Gasteiger partial charge in [-0.25, -0.2) is 17.2 Å². The van der Waals surface area contributed by atoms with Crippen LogP contribution >= 0.6 is 0 Å². The summed E-state index contributed by atoms with van der Waals surface area (Å²) in [6.45, 7) is 1.83. The monoisotopic (exact) mass is 307 g/mol. The first-order valence-electron chi connectivity index (χ1n) is 5.98. The van der Waals surface area contributed by atoms with E-state index in [0.717, 1.165) is 12.1 Å². The molecular weight excluding hydrogens is 292 g/mol. The predicted molar refractivity (Wildman–Crippen MR) is 67.6 cm³/mol. The van der Waals surface area contributed by atoms with Crippen molar-refractivity contribution in [1.82, 2.24) is 4.72 Å². The minimum absolute atomic E-state index is 0.0911. The maximum absolute atomic E-state index is 13.4. The Morgan fingerprint density at radius 3 is 2.55 bits per heavy atom. The molecule has 1 atom stereocenters. The lowest BCUT2D eigenvalue weighted by atomic mass is 10.1. The molecule has 0 heterocycles. The van der Waals surface area contributed by atoms with E-state index in [1.807, 2.05) is 11.6 Å². The van der Waals surface area contributed by atoms with Gasteiger partial charge in [-0.15, -0.1) is 0 Å². The molecule has 0 saturated carbocycles. The highest BCUT2D eigenvalue weighted by molar-refractivity contribution is 7.89. The predicted octanol–water partition coefficient (Wildman–Crippen LogP) is 1.89. The van der Waals surface area contributed by atoms with Crippen LogP contribution in [0, 0.1) is 11.6 Å². The van der Waals surface area contributed by atoms with E-state index in [1.54, 1.807) is 0 Å². The Morgan fingerprint density at radius 1 is 1.40 bits per heavy atom. The van der Waals surface area contributed by atoms with Crippen molar-refractivity contribution in [3.05, 3.63) is 29.8 Å². The quantitative estimate of drug-likeness (QED) is 0.805. The van der Waals surface area contributed by atoms with Gasteiger partial charge in [0.15, 0.2) is 0 Å². The zero-order valence-corrected chi connectivity index (χ0v) is 11.6. The smallest absolute Gasteiger partial charge is 0.321 e. The summed E-state index contributed by atoms with van der Waals surface area (Å²) in [4.78, 5) is 10.2. The van der Waals surface area contributed by atoms with Crippen LogP contribution in [0.25, 0.3) is 0 Å². The van der Waals surface area contributed by atoms with Gasteiger partial charge in [-0.2, -0.15) is 4.72 Å². The second-order valence-corrected chi connectivity index (χ2v) is 5.91. The first kappa shape index (κ1) is 16.5. The van der Waals surface area contributed by atoms with Gasteiger partial charge in [0.05, 0.1) is 0 Å². The fourth-order valence-corrected chi connectivity index (χ4v) is 2.87. The molecule has 1 aromatic carbocycles. The maximum atomic E-state index is 13.4. The van der Waals surface area contributed by atoms with Crippen LogP contribution in [-0.4, -0.2) is 25.5 Å². The summed E-state index contributed by atoms with van der Waals surface area (Å²) in [5.74, 6) is -3.52. The van der Waals surface area contributed by atoms with Crippen molar-refractivity contribution in [2.75, 3.05) is 0 Å². The van der Waals surface area contributed by atoms with Gasteiger partial charge in [-0.3, -0.25) is 4.79 Å². The highest BCUT2D eigenvalue weighted by Gasteiger charge is 2.27. The molecule has 0 aliphatic heterocycles. The highest BCUT2D eigenvalue weighted by atomic mass is 32.2. The van der Waals surface area contributed by atoms with Gasteiger partial charge in [0.25, 0.3) is 0 Å². The normalized spacial score (nSPS) is 13.2. The van der Waals surface area contributed by atoms with Gasteiger partial charge in [0.1, 0.15) is 22.6 Å². The molecule has 0 amide bonds. The van der Waals surface area contributed by atoms with Gasteiger partial charge < -0.3 is 5.11 Å². The van der Waals surface area contributed by atoms with Crippen LogP contribution in [0.15, 0.2) is 23.1 Å². The molecule has 0 aliphatic rings. The average molecular weight is 307 g/mol. The second kappa shape index (κ2) is 6.76. The lowest BCUT2D eigenvalue weighted by molar-refractivity contribution is -0.139. The van der Waals surface area contributed by atoms with Crippen molar-refractivity contribution in [2.24, 2.45) is 0 Å². The van der Waals surface area contributed by atoms with Crippen molar-refractivity contribution in [2.45, 2.75) is 37.1 Å². The molecule has 0 fully saturated rings. The third-order valence-electron chi connectivity index (χ3n) is 2.63. The molecule has 0 aromatic heterocycles. The van der Waals surface area contributed by atoms with Gasteiger partial charge in [-0.1, -0.05) is 19.8 Å². The lowest BCUT2D eigenvalue weighted by Crippen LogP contribution is -2.40. The topological polar surface area (TPSA) is 83.5 Å². The first-order chi connectivity index (χ1) is 9.27. The minimum Gasteiger partial charge on any atom is -0.480 e. The Morgan fingerprint density at radius 2 is 2.05 bits per heavy atom. The summed E-state index contributed by atoms with van der Waals surface area (Å²) in [6, 6.07) is 0.631. The van der Waals surface area contributed by atoms with Gasteiger partial charge in [0.2, 0.25) is 10.0 Å². The molecule has 2 N–H and O–H groups in total. The van der Waals surface area contributed by atoms with Crippen LogP contribution in [0.2, 0.25) is 0 Å². The molecule has 112 valence electrons.